The predicted octanol–water partition coefficient (Wildman–Crippen LogP) is 3.51. The first kappa shape index (κ1) is 23.1. The van der Waals surface area contributed by atoms with Gasteiger partial charge in [0.25, 0.3) is 0 Å². The number of fused-ring (bicyclic) bond motifs is 1. The molecular weight excluding hydrogens is 481 g/mol. The van der Waals surface area contributed by atoms with Crippen molar-refractivity contribution in [3.63, 3.8) is 0 Å². The summed E-state index contributed by atoms with van der Waals surface area (Å²) in [5, 5.41) is 3.44. The SMILES string of the molecule is CN=C(NCCc1ccc2c(c1)CCO2)N(C)Cc1ccc(OC)cc1OC.I. The van der Waals surface area contributed by atoms with Crippen LogP contribution in [0.15, 0.2) is 41.4 Å². The predicted molar refractivity (Wildman–Crippen MR) is 127 cm³/mol. The number of ether oxygens (including phenoxy) is 3. The molecule has 0 atom stereocenters. The molecule has 3 rings (SSSR count). The van der Waals surface area contributed by atoms with Gasteiger partial charge in [-0.05, 0) is 35.7 Å². The second kappa shape index (κ2) is 11.1. The van der Waals surface area contributed by atoms with Crippen LogP contribution >= 0.6 is 24.0 Å². The van der Waals surface area contributed by atoms with Crippen molar-refractivity contribution in [3.8, 4) is 17.2 Å². The lowest BCUT2D eigenvalue weighted by Crippen LogP contribution is -2.39. The van der Waals surface area contributed by atoms with Crippen LogP contribution in [0.25, 0.3) is 0 Å². The zero-order valence-electron chi connectivity index (χ0n) is 17.5. The minimum Gasteiger partial charge on any atom is -0.497 e. The molecule has 1 heterocycles. The molecule has 0 radical (unpaired) electrons. The van der Waals surface area contributed by atoms with Gasteiger partial charge in [-0.3, -0.25) is 4.99 Å². The van der Waals surface area contributed by atoms with E-state index in [9.17, 15) is 0 Å². The van der Waals surface area contributed by atoms with Gasteiger partial charge >= 0.3 is 0 Å². The third kappa shape index (κ3) is 5.91. The van der Waals surface area contributed by atoms with E-state index in [1.807, 2.05) is 25.2 Å². The minimum atomic E-state index is 0. The van der Waals surface area contributed by atoms with Gasteiger partial charge in [-0.1, -0.05) is 12.1 Å². The molecule has 1 N–H and O–H groups in total. The molecule has 2 aromatic carbocycles. The van der Waals surface area contributed by atoms with Crippen molar-refractivity contribution < 1.29 is 14.2 Å². The summed E-state index contributed by atoms with van der Waals surface area (Å²) in [5.74, 6) is 3.47. The standard InChI is InChI=1S/C22H29N3O3.HI/c1-23-22(24-11-9-16-5-8-20-17(13-16)10-12-28-20)25(2)15-18-6-7-19(26-3)14-21(18)27-4;/h5-8,13-14H,9-12,15H2,1-4H3,(H,23,24);1H. The van der Waals surface area contributed by atoms with E-state index in [0.717, 1.165) is 54.8 Å². The average molecular weight is 511 g/mol. The van der Waals surface area contributed by atoms with Gasteiger partial charge in [0.2, 0.25) is 0 Å². The van der Waals surface area contributed by atoms with E-state index in [2.05, 4.69) is 33.4 Å². The molecule has 0 bridgehead atoms. The fourth-order valence-electron chi connectivity index (χ4n) is 3.41. The summed E-state index contributed by atoms with van der Waals surface area (Å²) in [6.07, 6.45) is 1.94. The van der Waals surface area contributed by atoms with Crippen molar-refractivity contribution in [1.82, 2.24) is 10.2 Å². The maximum absolute atomic E-state index is 5.58. The first-order valence-electron chi connectivity index (χ1n) is 9.52. The number of nitrogens with zero attached hydrogens (tertiary/aromatic N) is 2. The first-order chi connectivity index (χ1) is 13.6. The van der Waals surface area contributed by atoms with Gasteiger partial charge in [-0.15, -0.1) is 24.0 Å². The molecule has 2 aromatic rings. The normalized spacial score (nSPS) is 12.5. The number of rotatable bonds is 7. The number of benzene rings is 2. The Morgan fingerprint density at radius 1 is 1.17 bits per heavy atom. The zero-order valence-corrected chi connectivity index (χ0v) is 19.9. The molecule has 0 fully saturated rings. The van der Waals surface area contributed by atoms with Crippen molar-refractivity contribution in [2.75, 3.05) is 41.5 Å². The van der Waals surface area contributed by atoms with Gasteiger partial charge < -0.3 is 24.4 Å². The molecule has 0 unspecified atom stereocenters. The third-order valence-corrected chi connectivity index (χ3v) is 4.93. The van der Waals surface area contributed by atoms with Gasteiger partial charge in [-0.25, -0.2) is 0 Å². The molecule has 0 saturated carbocycles. The van der Waals surface area contributed by atoms with Crippen LogP contribution in [0.4, 0.5) is 0 Å². The molecule has 29 heavy (non-hydrogen) atoms. The number of guanidine groups is 1. The van der Waals surface area contributed by atoms with E-state index in [-0.39, 0.29) is 24.0 Å². The Morgan fingerprint density at radius 3 is 2.72 bits per heavy atom. The Bertz CT molecular complexity index is 842. The number of aliphatic imine (C=N–C) groups is 1. The highest BCUT2D eigenvalue weighted by atomic mass is 127. The fraction of sp³-hybridized carbons (Fsp3) is 0.409. The number of methoxy groups -OCH3 is 2. The van der Waals surface area contributed by atoms with Gasteiger partial charge in [0.15, 0.2) is 5.96 Å². The maximum Gasteiger partial charge on any atom is 0.193 e. The highest BCUT2D eigenvalue weighted by molar-refractivity contribution is 14.0. The maximum atomic E-state index is 5.58. The number of nitrogens with one attached hydrogen (secondary N) is 1. The van der Waals surface area contributed by atoms with Crippen molar-refractivity contribution in [3.05, 3.63) is 53.1 Å². The monoisotopic (exact) mass is 511 g/mol. The molecule has 0 aliphatic carbocycles. The van der Waals surface area contributed by atoms with E-state index >= 15 is 0 Å². The van der Waals surface area contributed by atoms with Crippen LogP contribution in [0.1, 0.15) is 16.7 Å². The zero-order chi connectivity index (χ0) is 19.9. The molecule has 0 saturated heterocycles. The van der Waals surface area contributed by atoms with Crippen molar-refractivity contribution in [1.29, 1.82) is 0 Å². The van der Waals surface area contributed by atoms with Crippen LogP contribution in [-0.4, -0.2) is 52.3 Å². The Kier molecular flexibility index (Phi) is 8.88. The quantitative estimate of drug-likeness (QED) is 0.351. The Labute approximate surface area is 190 Å². The lowest BCUT2D eigenvalue weighted by Gasteiger charge is -2.23. The molecule has 158 valence electrons. The lowest BCUT2D eigenvalue weighted by molar-refractivity contribution is 0.357. The van der Waals surface area contributed by atoms with Crippen LogP contribution in [-0.2, 0) is 19.4 Å². The summed E-state index contributed by atoms with van der Waals surface area (Å²) in [5.41, 5.74) is 3.70. The van der Waals surface area contributed by atoms with Crippen molar-refractivity contribution in [2.24, 2.45) is 4.99 Å². The lowest BCUT2D eigenvalue weighted by atomic mass is 10.1. The molecule has 1 aliphatic heterocycles. The van der Waals surface area contributed by atoms with Crippen molar-refractivity contribution >= 4 is 29.9 Å². The summed E-state index contributed by atoms with van der Waals surface area (Å²) in [4.78, 5) is 6.49. The molecule has 0 aromatic heterocycles. The molecule has 1 aliphatic rings. The van der Waals surface area contributed by atoms with Crippen molar-refractivity contribution in [2.45, 2.75) is 19.4 Å². The van der Waals surface area contributed by atoms with Crippen LogP contribution < -0.4 is 19.5 Å². The van der Waals surface area contributed by atoms with Crippen LogP contribution in [0.2, 0.25) is 0 Å². The minimum absolute atomic E-state index is 0. The molecule has 0 spiro atoms. The molecule has 6 nitrogen and oxygen atoms in total. The summed E-state index contributed by atoms with van der Waals surface area (Å²) in [6.45, 7) is 2.29. The van der Waals surface area contributed by atoms with E-state index < -0.39 is 0 Å². The summed E-state index contributed by atoms with van der Waals surface area (Å²) in [6, 6.07) is 12.3. The van der Waals surface area contributed by atoms with Gasteiger partial charge in [0, 0.05) is 45.2 Å². The Morgan fingerprint density at radius 2 is 2.00 bits per heavy atom. The topological polar surface area (TPSA) is 55.3 Å². The second-order valence-electron chi connectivity index (χ2n) is 6.80. The third-order valence-electron chi connectivity index (χ3n) is 4.93. The summed E-state index contributed by atoms with van der Waals surface area (Å²) in [7, 11) is 7.15. The van der Waals surface area contributed by atoms with Crippen LogP contribution in [0.5, 0.6) is 17.2 Å². The smallest absolute Gasteiger partial charge is 0.193 e. The number of hydrogen-bond donors (Lipinski definition) is 1. The average Bonchev–Trinajstić information content (AvgIpc) is 3.19. The number of halogens is 1. The molecular formula is C22H30IN3O3. The first-order valence-corrected chi connectivity index (χ1v) is 9.52. The highest BCUT2D eigenvalue weighted by Crippen LogP contribution is 2.26. The van der Waals surface area contributed by atoms with E-state index in [1.54, 1.807) is 21.3 Å². The summed E-state index contributed by atoms with van der Waals surface area (Å²) >= 11 is 0. The highest BCUT2D eigenvalue weighted by Gasteiger charge is 2.13. The molecule has 0 amide bonds. The largest absolute Gasteiger partial charge is 0.497 e. The molecule has 7 heteroatoms. The van der Waals surface area contributed by atoms with Gasteiger partial charge in [0.1, 0.15) is 17.2 Å². The Hall–Kier alpha value is -2.16. The van der Waals surface area contributed by atoms with Crippen LogP contribution in [0, 0.1) is 0 Å². The van der Waals surface area contributed by atoms with Crippen LogP contribution in [0.3, 0.4) is 0 Å². The number of hydrogen-bond acceptors (Lipinski definition) is 4. The van der Waals surface area contributed by atoms with Gasteiger partial charge in [-0.2, -0.15) is 0 Å². The van der Waals surface area contributed by atoms with Gasteiger partial charge in [0.05, 0.1) is 20.8 Å². The second-order valence-corrected chi connectivity index (χ2v) is 6.80. The van der Waals surface area contributed by atoms with E-state index in [4.69, 9.17) is 14.2 Å². The summed E-state index contributed by atoms with van der Waals surface area (Å²) < 4.78 is 16.3. The van der Waals surface area contributed by atoms with E-state index in [1.165, 1.54) is 11.1 Å². The fourth-order valence-corrected chi connectivity index (χ4v) is 3.41. The van der Waals surface area contributed by atoms with E-state index in [0.29, 0.717) is 6.54 Å². The Balaban J connectivity index is 0.00000300.